The van der Waals surface area contributed by atoms with E-state index in [1.54, 1.807) is 19.3 Å². The minimum atomic E-state index is -0.117. The second-order valence-electron chi connectivity index (χ2n) is 7.30. The highest BCUT2D eigenvalue weighted by Gasteiger charge is 2.16. The number of nitrogens with zero attached hydrogens (tertiary/aromatic N) is 1. The normalized spacial score (nSPS) is 12.1. The summed E-state index contributed by atoms with van der Waals surface area (Å²) in [7, 11) is 1.67. The largest absolute Gasteiger partial charge is 0.455 e. The number of benzene rings is 2. The maximum atomic E-state index is 12.9. The van der Waals surface area contributed by atoms with E-state index in [2.05, 4.69) is 5.32 Å². The molecule has 2 aromatic heterocycles. The first-order valence-corrected chi connectivity index (χ1v) is 9.49. The molecule has 5 nitrogen and oxygen atoms in total. The molecule has 4 rings (SSSR count). The fourth-order valence-corrected chi connectivity index (χ4v) is 3.50. The minimum absolute atomic E-state index is 0.0710. The number of rotatable bonds is 4. The Kier molecular flexibility index (Phi) is 4.80. The zero-order chi connectivity index (χ0) is 20.5. The molecule has 5 heteroatoms. The van der Waals surface area contributed by atoms with Crippen molar-refractivity contribution in [3.63, 3.8) is 0 Å². The Balaban J connectivity index is 1.87. The van der Waals surface area contributed by atoms with Gasteiger partial charge in [0.15, 0.2) is 5.43 Å². The number of hydrogen-bond donors (Lipinski definition) is 1. The van der Waals surface area contributed by atoms with Crippen LogP contribution >= 0.6 is 0 Å². The van der Waals surface area contributed by atoms with E-state index in [9.17, 15) is 9.59 Å². The van der Waals surface area contributed by atoms with Crippen molar-refractivity contribution in [1.82, 2.24) is 4.57 Å². The highest BCUT2D eigenvalue weighted by molar-refractivity contribution is 5.83. The molecular weight excluding hydrogens is 364 g/mol. The summed E-state index contributed by atoms with van der Waals surface area (Å²) in [6.07, 6.45) is 1.67. The van der Waals surface area contributed by atoms with Gasteiger partial charge in [-0.25, -0.2) is 0 Å². The number of nitrogens with one attached hydrogen (secondary N) is 1. The average Bonchev–Trinajstić information content (AvgIpc) is 2.70. The van der Waals surface area contributed by atoms with Gasteiger partial charge in [0.1, 0.15) is 11.3 Å². The van der Waals surface area contributed by atoms with Crippen molar-refractivity contribution in [2.45, 2.75) is 19.9 Å². The SMILES string of the molecule is Cc1cc(C(C)Nc2ccccc2)c2oc(-c3ccc(=O)n(C)c3)cc(=O)c2c1. The quantitative estimate of drug-likeness (QED) is 0.555. The molecule has 4 aromatic rings. The van der Waals surface area contributed by atoms with Crippen LogP contribution < -0.4 is 16.3 Å². The lowest BCUT2D eigenvalue weighted by Crippen LogP contribution is -2.14. The van der Waals surface area contributed by atoms with Crippen molar-refractivity contribution in [3.05, 3.63) is 98.6 Å². The first-order valence-electron chi connectivity index (χ1n) is 9.49. The van der Waals surface area contributed by atoms with Gasteiger partial charge in [-0.1, -0.05) is 24.3 Å². The van der Waals surface area contributed by atoms with Crippen LogP contribution in [0.15, 0.2) is 80.9 Å². The number of para-hydroxylation sites is 1. The average molecular weight is 386 g/mol. The number of aromatic nitrogens is 1. The minimum Gasteiger partial charge on any atom is -0.455 e. The zero-order valence-corrected chi connectivity index (χ0v) is 16.6. The molecule has 29 heavy (non-hydrogen) atoms. The van der Waals surface area contributed by atoms with Crippen molar-refractivity contribution in [3.8, 4) is 11.3 Å². The van der Waals surface area contributed by atoms with E-state index in [1.165, 1.54) is 16.7 Å². The van der Waals surface area contributed by atoms with Crippen LogP contribution in [-0.4, -0.2) is 4.57 Å². The van der Waals surface area contributed by atoms with Crippen molar-refractivity contribution in [2.24, 2.45) is 7.05 Å². The smallest absolute Gasteiger partial charge is 0.250 e. The molecule has 0 aliphatic carbocycles. The highest BCUT2D eigenvalue weighted by atomic mass is 16.3. The number of aryl methyl sites for hydroxylation is 2. The van der Waals surface area contributed by atoms with Gasteiger partial charge < -0.3 is 14.3 Å². The van der Waals surface area contributed by atoms with Gasteiger partial charge in [0.05, 0.1) is 11.4 Å². The molecule has 2 heterocycles. The molecule has 146 valence electrons. The molecule has 0 aliphatic heterocycles. The van der Waals surface area contributed by atoms with Gasteiger partial charge in [-0.05, 0) is 43.7 Å². The Morgan fingerprint density at radius 3 is 2.48 bits per heavy atom. The summed E-state index contributed by atoms with van der Waals surface area (Å²) in [6, 6.07) is 18.4. The van der Waals surface area contributed by atoms with E-state index in [-0.39, 0.29) is 17.0 Å². The van der Waals surface area contributed by atoms with Crippen LogP contribution in [0.1, 0.15) is 24.1 Å². The first-order chi connectivity index (χ1) is 13.9. The van der Waals surface area contributed by atoms with Gasteiger partial charge in [0.2, 0.25) is 5.56 Å². The van der Waals surface area contributed by atoms with E-state index in [0.29, 0.717) is 22.3 Å². The van der Waals surface area contributed by atoms with Crippen molar-refractivity contribution >= 4 is 16.7 Å². The Morgan fingerprint density at radius 2 is 1.76 bits per heavy atom. The molecule has 0 fully saturated rings. The topological polar surface area (TPSA) is 64.2 Å². The molecule has 1 unspecified atom stereocenters. The maximum Gasteiger partial charge on any atom is 0.250 e. The lowest BCUT2D eigenvalue weighted by Gasteiger charge is -2.18. The third-order valence-corrected chi connectivity index (χ3v) is 5.00. The second-order valence-corrected chi connectivity index (χ2v) is 7.30. The lowest BCUT2D eigenvalue weighted by atomic mass is 10.0. The van der Waals surface area contributed by atoms with Gasteiger partial charge >= 0.3 is 0 Å². The fourth-order valence-electron chi connectivity index (χ4n) is 3.50. The summed E-state index contributed by atoms with van der Waals surface area (Å²) in [5.74, 6) is 0.440. The van der Waals surface area contributed by atoms with E-state index < -0.39 is 0 Å². The lowest BCUT2D eigenvalue weighted by molar-refractivity contribution is 0.609. The molecule has 0 bridgehead atoms. The standard InChI is InChI=1S/C24H22N2O3/c1-15-11-19(16(2)25-18-7-5-4-6-8-18)24-20(12-15)21(27)13-22(29-24)17-9-10-23(28)26(3)14-17/h4-14,16,25H,1-3H3. The second kappa shape index (κ2) is 7.43. The van der Waals surface area contributed by atoms with Crippen LogP contribution in [0.3, 0.4) is 0 Å². The van der Waals surface area contributed by atoms with Gasteiger partial charge in [-0.2, -0.15) is 0 Å². The summed E-state index contributed by atoms with van der Waals surface area (Å²) in [5, 5.41) is 4.02. The van der Waals surface area contributed by atoms with Gasteiger partial charge in [-0.3, -0.25) is 9.59 Å². The molecule has 0 saturated carbocycles. The highest BCUT2D eigenvalue weighted by Crippen LogP contribution is 2.30. The first kappa shape index (κ1) is 18.7. The Bertz CT molecular complexity index is 1300. The van der Waals surface area contributed by atoms with Crippen LogP contribution in [0.2, 0.25) is 0 Å². The number of anilines is 1. The molecule has 0 saturated heterocycles. The molecule has 0 amide bonds. The van der Waals surface area contributed by atoms with Crippen molar-refractivity contribution in [1.29, 1.82) is 0 Å². The van der Waals surface area contributed by atoms with Crippen LogP contribution in [0.5, 0.6) is 0 Å². The van der Waals surface area contributed by atoms with E-state index in [0.717, 1.165) is 16.8 Å². The van der Waals surface area contributed by atoms with Crippen molar-refractivity contribution < 1.29 is 4.42 Å². The number of pyridine rings is 1. The van der Waals surface area contributed by atoms with Gasteiger partial charge in [0, 0.05) is 42.2 Å². The number of hydrogen-bond acceptors (Lipinski definition) is 4. The molecule has 1 atom stereocenters. The molecular formula is C24H22N2O3. The zero-order valence-electron chi connectivity index (χ0n) is 16.6. The molecule has 0 spiro atoms. The van der Waals surface area contributed by atoms with E-state index in [1.807, 2.05) is 56.3 Å². The van der Waals surface area contributed by atoms with E-state index in [4.69, 9.17) is 4.42 Å². The predicted molar refractivity (Wildman–Crippen MR) is 116 cm³/mol. The number of fused-ring (bicyclic) bond motifs is 1. The van der Waals surface area contributed by atoms with Crippen LogP contribution in [-0.2, 0) is 7.05 Å². The summed E-state index contributed by atoms with van der Waals surface area (Å²) < 4.78 is 7.68. The van der Waals surface area contributed by atoms with Crippen molar-refractivity contribution in [2.75, 3.05) is 5.32 Å². The fraction of sp³-hybridized carbons (Fsp3) is 0.167. The third kappa shape index (κ3) is 3.72. The van der Waals surface area contributed by atoms with E-state index >= 15 is 0 Å². The predicted octanol–water partition coefficient (Wildman–Crippen LogP) is 4.64. The van der Waals surface area contributed by atoms with Crippen LogP contribution in [0.4, 0.5) is 5.69 Å². The van der Waals surface area contributed by atoms with Gasteiger partial charge in [0.25, 0.3) is 0 Å². The van der Waals surface area contributed by atoms with Crippen LogP contribution in [0, 0.1) is 6.92 Å². The molecule has 0 aliphatic rings. The molecule has 0 radical (unpaired) electrons. The summed E-state index contributed by atoms with van der Waals surface area (Å²) in [6.45, 7) is 4.01. The summed E-state index contributed by atoms with van der Waals surface area (Å²) >= 11 is 0. The monoisotopic (exact) mass is 386 g/mol. The Labute approximate surface area is 168 Å². The summed E-state index contributed by atoms with van der Waals surface area (Å²) in [4.78, 5) is 24.6. The maximum absolute atomic E-state index is 12.9. The Morgan fingerprint density at radius 1 is 1.00 bits per heavy atom. The summed E-state index contributed by atoms with van der Waals surface area (Å²) in [5.41, 5.74) is 3.92. The van der Waals surface area contributed by atoms with Crippen LogP contribution in [0.25, 0.3) is 22.3 Å². The Hall–Kier alpha value is -3.60. The molecule has 1 N–H and O–H groups in total. The molecule has 2 aromatic carbocycles. The third-order valence-electron chi connectivity index (χ3n) is 5.00. The van der Waals surface area contributed by atoms with Gasteiger partial charge in [-0.15, -0.1) is 0 Å².